The number of nitrogens with zero attached hydrogens (tertiary/aromatic N) is 1. The lowest BCUT2D eigenvalue weighted by molar-refractivity contribution is 0.458. The fourth-order valence-corrected chi connectivity index (χ4v) is 3.28. The van der Waals surface area contributed by atoms with Crippen LogP contribution in [0.1, 0.15) is 34.2 Å². The minimum atomic E-state index is -0.325. The van der Waals surface area contributed by atoms with Crippen molar-refractivity contribution in [2.45, 2.75) is 26.8 Å². The van der Waals surface area contributed by atoms with E-state index in [-0.39, 0.29) is 11.8 Å². The Labute approximate surface area is 158 Å². The molecule has 27 heavy (non-hydrogen) atoms. The van der Waals surface area contributed by atoms with Gasteiger partial charge in [-0.3, -0.25) is 0 Å². The van der Waals surface area contributed by atoms with Crippen LogP contribution in [0.4, 0.5) is 5.69 Å². The Morgan fingerprint density at radius 1 is 0.963 bits per heavy atom. The number of anilines is 1. The van der Waals surface area contributed by atoms with E-state index in [1.54, 1.807) is 6.26 Å². The summed E-state index contributed by atoms with van der Waals surface area (Å²) < 4.78 is 5.67. The Bertz CT molecular complexity index is 1100. The quantitative estimate of drug-likeness (QED) is 0.494. The summed E-state index contributed by atoms with van der Waals surface area (Å²) in [4.78, 5) is 4.52. The number of aryl methyl sites for hydroxylation is 3. The third kappa shape index (κ3) is 3.26. The molecule has 1 atom stereocenters. The number of furan rings is 1. The summed E-state index contributed by atoms with van der Waals surface area (Å²) in [7, 11) is 0. The molecule has 0 saturated heterocycles. The Morgan fingerprint density at radius 2 is 1.78 bits per heavy atom. The molecule has 0 radical (unpaired) electrons. The molecule has 2 aromatic heterocycles. The van der Waals surface area contributed by atoms with Crippen LogP contribution in [0.3, 0.4) is 0 Å². The van der Waals surface area contributed by atoms with Crippen molar-refractivity contribution in [2.75, 3.05) is 5.32 Å². The Morgan fingerprint density at radius 3 is 2.52 bits per heavy atom. The largest absolute Gasteiger partial charge is 0.505 e. The lowest BCUT2D eigenvalue weighted by Gasteiger charge is -2.21. The predicted octanol–water partition coefficient (Wildman–Crippen LogP) is 5.66. The number of benzene rings is 2. The zero-order chi connectivity index (χ0) is 19.0. The fourth-order valence-electron chi connectivity index (χ4n) is 3.28. The van der Waals surface area contributed by atoms with Crippen molar-refractivity contribution < 1.29 is 9.52 Å². The summed E-state index contributed by atoms with van der Waals surface area (Å²) in [6, 6.07) is 17.5. The number of aromatic nitrogens is 1. The van der Waals surface area contributed by atoms with Gasteiger partial charge in [-0.2, -0.15) is 0 Å². The zero-order valence-electron chi connectivity index (χ0n) is 15.7. The van der Waals surface area contributed by atoms with Crippen molar-refractivity contribution in [3.63, 3.8) is 0 Å². The molecule has 0 saturated carbocycles. The minimum absolute atomic E-state index is 0.175. The van der Waals surface area contributed by atoms with E-state index in [1.807, 2.05) is 49.4 Å². The predicted molar refractivity (Wildman–Crippen MR) is 108 cm³/mol. The first-order valence-corrected chi connectivity index (χ1v) is 8.99. The van der Waals surface area contributed by atoms with Gasteiger partial charge < -0.3 is 14.8 Å². The average molecular weight is 358 g/mol. The van der Waals surface area contributed by atoms with Gasteiger partial charge in [0.1, 0.15) is 23.1 Å². The summed E-state index contributed by atoms with van der Waals surface area (Å²) in [6.07, 6.45) is 1.64. The third-order valence-corrected chi connectivity index (χ3v) is 4.96. The van der Waals surface area contributed by atoms with E-state index in [1.165, 1.54) is 11.1 Å². The topological polar surface area (TPSA) is 58.3 Å². The smallest absolute Gasteiger partial charge is 0.147 e. The molecule has 4 heteroatoms. The molecular weight excluding hydrogens is 336 g/mol. The van der Waals surface area contributed by atoms with E-state index in [0.717, 1.165) is 28.1 Å². The highest BCUT2D eigenvalue weighted by Gasteiger charge is 2.22. The van der Waals surface area contributed by atoms with Gasteiger partial charge >= 0.3 is 0 Å². The van der Waals surface area contributed by atoms with Crippen LogP contribution in [0.2, 0.25) is 0 Å². The minimum Gasteiger partial charge on any atom is -0.505 e. The molecule has 2 heterocycles. The maximum Gasteiger partial charge on any atom is 0.147 e. The van der Waals surface area contributed by atoms with Gasteiger partial charge in [-0.1, -0.05) is 24.3 Å². The van der Waals surface area contributed by atoms with Crippen LogP contribution >= 0.6 is 0 Å². The first-order valence-electron chi connectivity index (χ1n) is 8.99. The van der Waals surface area contributed by atoms with Crippen molar-refractivity contribution >= 4 is 16.6 Å². The summed E-state index contributed by atoms with van der Waals surface area (Å²) in [6.45, 7) is 6.10. The van der Waals surface area contributed by atoms with Crippen molar-refractivity contribution in [1.29, 1.82) is 0 Å². The molecule has 4 nitrogen and oxygen atoms in total. The van der Waals surface area contributed by atoms with Gasteiger partial charge in [-0.05, 0) is 62.2 Å². The van der Waals surface area contributed by atoms with Crippen molar-refractivity contribution in [3.05, 3.63) is 89.0 Å². The number of fused-ring (bicyclic) bond motifs is 1. The second-order valence-electron chi connectivity index (χ2n) is 6.92. The van der Waals surface area contributed by atoms with Gasteiger partial charge in [0.25, 0.3) is 0 Å². The zero-order valence-corrected chi connectivity index (χ0v) is 15.7. The van der Waals surface area contributed by atoms with Crippen LogP contribution < -0.4 is 5.32 Å². The molecule has 2 aromatic carbocycles. The summed E-state index contributed by atoms with van der Waals surface area (Å²) in [5.41, 5.74) is 5.61. The molecule has 0 fully saturated rings. The second-order valence-corrected chi connectivity index (χ2v) is 6.92. The molecule has 136 valence electrons. The molecule has 0 spiro atoms. The number of rotatable bonds is 4. The molecule has 0 bridgehead atoms. The number of phenolic OH excluding ortho intramolecular Hbond substituents is 1. The van der Waals surface area contributed by atoms with Gasteiger partial charge in [-0.25, -0.2) is 4.98 Å². The molecule has 0 aliphatic carbocycles. The van der Waals surface area contributed by atoms with Crippen LogP contribution in [0, 0.1) is 20.8 Å². The normalized spacial score (nSPS) is 12.3. The Kier molecular flexibility index (Phi) is 4.32. The van der Waals surface area contributed by atoms with Crippen LogP contribution in [-0.2, 0) is 0 Å². The van der Waals surface area contributed by atoms with Crippen LogP contribution in [0.25, 0.3) is 10.9 Å². The summed E-state index contributed by atoms with van der Waals surface area (Å²) >= 11 is 0. The van der Waals surface area contributed by atoms with Gasteiger partial charge in [0.15, 0.2) is 0 Å². The summed E-state index contributed by atoms with van der Waals surface area (Å²) in [5, 5.41) is 15.4. The van der Waals surface area contributed by atoms with Gasteiger partial charge in [0, 0.05) is 22.3 Å². The van der Waals surface area contributed by atoms with E-state index < -0.39 is 0 Å². The van der Waals surface area contributed by atoms with E-state index in [0.29, 0.717) is 5.52 Å². The van der Waals surface area contributed by atoms with Crippen molar-refractivity contribution in [3.8, 4) is 5.75 Å². The Balaban J connectivity index is 1.83. The monoisotopic (exact) mass is 358 g/mol. The molecule has 0 aliphatic heterocycles. The lowest BCUT2D eigenvalue weighted by Crippen LogP contribution is -2.12. The standard InChI is InChI=1S/C23H22N2O2/c1-14-6-10-18(13-15(14)2)25-22(20-5-4-12-27-20)19-11-9-17-8-7-16(3)24-21(17)23(19)26/h4-13,22,25-26H,1-3H3. The highest BCUT2D eigenvalue weighted by Crippen LogP contribution is 2.37. The fraction of sp³-hybridized carbons (Fsp3) is 0.174. The summed E-state index contributed by atoms with van der Waals surface area (Å²) in [5.74, 6) is 0.907. The molecule has 0 aliphatic rings. The van der Waals surface area contributed by atoms with E-state index >= 15 is 0 Å². The van der Waals surface area contributed by atoms with Gasteiger partial charge in [0.05, 0.1) is 6.26 Å². The van der Waals surface area contributed by atoms with Crippen LogP contribution in [0.5, 0.6) is 5.75 Å². The second kappa shape index (κ2) is 6.80. The number of nitrogens with one attached hydrogen (secondary N) is 1. The number of aromatic hydroxyl groups is 1. The van der Waals surface area contributed by atoms with Gasteiger partial charge in [-0.15, -0.1) is 0 Å². The first kappa shape index (κ1) is 17.2. The number of phenols is 1. The Hall–Kier alpha value is -3.27. The SMILES string of the molecule is Cc1ccc2ccc(C(Nc3ccc(C)c(C)c3)c3ccco3)c(O)c2n1. The molecule has 1 unspecified atom stereocenters. The van der Waals surface area contributed by atoms with Crippen LogP contribution in [0.15, 0.2) is 65.3 Å². The average Bonchev–Trinajstić information content (AvgIpc) is 3.18. The molecule has 0 amide bonds. The first-order chi connectivity index (χ1) is 13.0. The lowest BCUT2D eigenvalue weighted by atomic mass is 9.99. The van der Waals surface area contributed by atoms with E-state index in [4.69, 9.17) is 4.42 Å². The molecule has 4 aromatic rings. The third-order valence-electron chi connectivity index (χ3n) is 4.96. The molecular formula is C23H22N2O2. The van der Waals surface area contributed by atoms with Crippen molar-refractivity contribution in [2.24, 2.45) is 0 Å². The molecule has 2 N–H and O–H groups in total. The number of pyridine rings is 1. The van der Waals surface area contributed by atoms with E-state index in [2.05, 4.69) is 36.3 Å². The van der Waals surface area contributed by atoms with Crippen LogP contribution in [-0.4, -0.2) is 10.1 Å². The maximum atomic E-state index is 11.0. The van der Waals surface area contributed by atoms with Gasteiger partial charge in [0.2, 0.25) is 0 Å². The van der Waals surface area contributed by atoms with E-state index in [9.17, 15) is 5.11 Å². The maximum absolute atomic E-state index is 11.0. The highest BCUT2D eigenvalue weighted by atomic mass is 16.3. The van der Waals surface area contributed by atoms with Crippen molar-refractivity contribution in [1.82, 2.24) is 4.98 Å². The highest BCUT2D eigenvalue weighted by molar-refractivity contribution is 5.86. The molecule has 4 rings (SSSR count). The number of hydrogen-bond donors (Lipinski definition) is 2. The number of hydrogen-bond acceptors (Lipinski definition) is 4.